The van der Waals surface area contributed by atoms with Crippen molar-refractivity contribution in [2.24, 2.45) is 11.8 Å². The van der Waals surface area contributed by atoms with Crippen LogP contribution in [0.5, 0.6) is 0 Å². The predicted molar refractivity (Wildman–Crippen MR) is 77.1 cm³/mol. The smallest absolute Gasteiger partial charge is 0.240 e. The molecule has 2 rings (SSSR count). The molecule has 0 radical (unpaired) electrons. The van der Waals surface area contributed by atoms with Crippen LogP contribution in [-0.2, 0) is 10.0 Å². The second-order valence-electron chi connectivity index (χ2n) is 5.56. The van der Waals surface area contributed by atoms with E-state index in [2.05, 4.69) is 18.6 Å². The Kier molecular flexibility index (Phi) is 4.16. The van der Waals surface area contributed by atoms with Gasteiger partial charge in [0.05, 0.1) is 4.90 Å². The molecule has 0 bridgehead atoms. The van der Waals surface area contributed by atoms with E-state index in [4.69, 9.17) is 5.73 Å². The molecule has 5 heteroatoms. The van der Waals surface area contributed by atoms with Gasteiger partial charge < -0.3 is 5.73 Å². The zero-order valence-electron chi connectivity index (χ0n) is 11.5. The van der Waals surface area contributed by atoms with Gasteiger partial charge in [0, 0.05) is 11.7 Å². The first-order valence-corrected chi connectivity index (χ1v) is 8.26. The molecule has 1 aliphatic carbocycles. The standard InChI is InChI=1S/C14H22N2O2S/c1-10-4-3-5-14(11(10)2)16-19(17,18)13-8-6-12(15)7-9-13/h6-11,14,16H,3-5,15H2,1-2H3. The number of sulfonamides is 1. The lowest BCUT2D eigenvalue weighted by atomic mass is 9.78. The Balaban J connectivity index is 2.15. The third-order valence-corrected chi connectivity index (χ3v) is 5.71. The molecule has 0 heterocycles. The average molecular weight is 282 g/mol. The molecule has 0 aromatic heterocycles. The topological polar surface area (TPSA) is 72.2 Å². The van der Waals surface area contributed by atoms with E-state index in [1.54, 1.807) is 24.3 Å². The van der Waals surface area contributed by atoms with Crippen molar-refractivity contribution >= 4 is 15.7 Å². The van der Waals surface area contributed by atoms with Crippen molar-refractivity contribution < 1.29 is 8.42 Å². The number of hydrogen-bond acceptors (Lipinski definition) is 3. The van der Waals surface area contributed by atoms with Gasteiger partial charge in [0.25, 0.3) is 0 Å². The Morgan fingerprint density at radius 1 is 1.16 bits per heavy atom. The van der Waals surface area contributed by atoms with E-state index in [0.717, 1.165) is 12.8 Å². The van der Waals surface area contributed by atoms with Gasteiger partial charge in [-0.3, -0.25) is 0 Å². The van der Waals surface area contributed by atoms with Crippen molar-refractivity contribution in [3.8, 4) is 0 Å². The number of nitrogens with one attached hydrogen (secondary N) is 1. The molecular weight excluding hydrogens is 260 g/mol. The molecular formula is C14H22N2O2S. The second kappa shape index (κ2) is 5.51. The normalized spacial score (nSPS) is 28.2. The number of anilines is 1. The van der Waals surface area contributed by atoms with E-state index < -0.39 is 10.0 Å². The minimum atomic E-state index is -3.44. The molecule has 0 saturated heterocycles. The van der Waals surface area contributed by atoms with E-state index in [0.29, 0.717) is 17.5 Å². The molecule has 1 saturated carbocycles. The number of hydrogen-bond donors (Lipinski definition) is 2. The Bertz CT molecular complexity index is 525. The first-order chi connectivity index (χ1) is 8.90. The zero-order valence-corrected chi connectivity index (χ0v) is 12.3. The lowest BCUT2D eigenvalue weighted by Gasteiger charge is -2.34. The Morgan fingerprint density at radius 2 is 1.79 bits per heavy atom. The molecule has 1 fully saturated rings. The van der Waals surface area contributed by atoms with E-state index in [1.807, 2.05) is 0 Å². The highest BCUT2D eigenvalue weighted by atomic mass is 32.2. The summed E-state index contributed by atoms with van der Waals surface area (Å²) in [6.07, 6.45) is 3.18. The van der Waals surface area contributed by atoms with Crippen molar-refractivity contribution in [1.82, 2.24) is 4.72 Å². The molecule has 0 amide bonds. The summed E-state index contributed by atoms with van der Waals surface area (Å²) in [4.78, 5) is 0.284. The van der Waals surface area contributed by atoms with E-state index in [9.17, 15) is 8.42 Å². The quantitative estimate of drug-likeness (QED) is 0.836. The first kappa shape index (κ1) is 14.3. The van der Waals surface area contributed by atoms with Crippen LogP contribution in [0.3, 0.4) is 0 Å². The first-order valence-electron chi connectivity index (χ1n) is 6.78. The predicted octanol–water partition coefficient (Wildman–Crippen LogP) is 2.37. The monoisotopic (exact) mass is 282 g/mol. The van der Waals surface area contributed by atoms with E-state index in [-0.39, 0.29) is 10.9 Å². The summed E-state index contributed by atoms with van der Waals surface area (Å²) in [6.45, 7) is 4.31. The van der Waals surface area contributed by atoms with Crippen LogP contribution in [0, 0.1) is 11.8 Å². The minimum absolute atomic E-state index is 0.0336. The summed E-state index contributed by atoms with van der Waals surface area (Å²) in [5.41, 5.74) is 6.15. The van der Waals surface area contributed by atoms with Gasteiger partial charge in [-0.2, -0.15) is 0 Å². The molecule has 3 atom stereocenters. The summed E-state index contributed by atoms with van der Waals surface area (Å²) in [7, 11) is -3.44. The molecule has 0 spiro atoms. The van der Waals surface area contributed by atoms with E-state index in [1.165, 1.54) is 6.42 Å². The zero-order chi connectivity index (χ0) is 14.0. The van der Waals surface area contributed by atoms with E-state index >= 15 is 0 Å². The maximum atomic E-state index is 12.3. The highest BCUT2D eigenvalue weighted by Gasteiger charge is 2.30. The van der Waals surface area contributed by atoms with Gasteiger partial charge in [-0.05, 0) is 42.5 Å². The number of rotatable bonds is 3. The Hall–Kier alpha value is -1.07. The fourth-order valence-corrected chi connectivity index (χ4v) is 4.02. The number of nitrogens with two attached hydrogens (primary N) is 1. The SMILES string of the molecule is CC1CCCC(NS(=O)(=O)c2ccc(N)cc2)C1C. The van der Waals surface area contributed by atoms with Crippen molar-refractivity contribution in [3.05, 3.63) is 24.3 Å². The Labute approximate surface area is 115 Å². The fourth-order valence-electron chi connectivity index (χ4n) is 2.66. The summed E-state index contributed by atoms with van der Waals surface area (Å²) < 4.78 is 27.5. The van der Waals surface area contributed by atoms with Crippen LogP contribution >= 0.6 is 0 Å². The van der Waals surface area contributed by atoms with Gasteiger partial charge in [-0.25, -0.2) is 13.1 Å². The highest BCUT2D eigenvalue weighted by Crippen LogP contribution is 2.30. The van der Waals surface area contributed by atoms with Gasteiger partial charge >= 0.3 is 0 Å². The molecule has 19 heavy (non-hydrogen) atoms. The summed E-state index contributed by atoms with van der Waals surface area (Å²) in [6, 6.07) is 6.36. The second-order valence-corrected chi connectivity index (χ2v) is 7.28. The van der Waals surface area contributed by atoms with Gasteiger partial charge in [-0.15, -0.1) is 0 Å². The van der Waals surface area contributed by atoms with Crippen LogP contribution in [0.2, 0.25) is 0 Å². The minimum Gasteiger partial charge on any atom is -0.399 e. The van der Waals surface area contributed by atoms with Crippen molar-refractivity contribution in [3.63, 3.8) is 0 Å². The van der Waals surface area contributed by atoms with Gasteiger partial charge in [0.2, 0.25) is 10.0 Å². The fraction of sp³-hybridized carbons (Fsp3) is 0.571. The number of benzene rings is 1. The molecule has 4 nitrogen and oxygen atoms in total. The third-order valence-electron chi connectivity index (χ3n) is 4.20. The molecule has 3 N–H and O–H groups in total. The van der Waals surface area contributed by atoms with Gasteiger partial charge in [-0.1, -0.05) is 26.7 Å². The maximum Gasteiger partial charge on any atom is 0.240 e. The third kappa shape index (κ3) is 3.28. The van der Waals surface area contributed by atoms with Crippen LogP contribution in [0.15, 0.2) is 29.2 Å². The lowest BCUT2D eigenvalue weighted by molar-refractivity contribution is 0.227. The molecule has 1 aromatic rings. The summed E-state index contributed by atoms with van der Waals surface area (Å²) in [5, 5.41) is 0. The summed E-state index contributed by atoms with van der Waals surface area (Å²) in [5.74, 6) is 0.935. The molecule has 1 aliphatic rings. The molecule has 106 valence electrons. The average Bonchev–Trinajstić information content (AvgIpc) is 2.35. The van der Waals surface area contributed by atoms with Crippen molar-refractivity contribution in [1.29, 1.82) is 0 Å². The van der Waals surface area contributed by atoms with Crippen LogP contribution in [0.4, 0.5) is 5.69 Å². The summed E-state index contributed by atoms with van der Waals surface area (Å²) >= 11 is 0. The highest BCUT2D eigenvalue weighted by molar-refractivity contribution is 7.89. The van der Waals surface area contributed by atoms with Crippen LogP contribution < -0.4 is 10.5 Å². The maximum absolute atomic E-state index is 12.3. The largest absolute Gasteiger partial charge is 0.399 e. The Morgan fingerprint density at radius 3 is 2.42 bits per heavy atom. The van der Waals surface area contributed by atoms with Crippen molar-refractivity contribution in [2.45, 2.75) is 44.0 Å². The van der Waals surface area contributed by atoms with Crippen LogP contribution in [-0.4, -0.2) is 14.5 Å². The molecule has 3 unspecified atom stereocenters. The molecule has 0 aliphatic heterocycles. The number of nitrogen functional groups attached to an aromatic ring is 1. The van der Waals surface area contributed by atoms with Crippen LogP contribution in [0.1, 0.15) is 33.1 Å². The lowest BCUT2D eigenvalue weighted by Crippen LogP contribution is -2.43. The van der Waals surface area contributed by atoms with Gasteiger partial charge in [0.15, 0.2) is 0 Å². The van der Waals surface area contributed by atoms with Gasteiger partial charge in [0.1, 0.15) is 0 Å². The van der Waals surface area contributed by atoms with Crippen LogP contribution in [0.25, 0.3) is 0 Å². The molecule has 1 aromatic carbocycles. The van der Waals surface area contributed by atoms with Crippen molar-refractivity contribution in [2.75, 3.05) is 5.73 Å².